The van der Waals surface area contributed by atoms with Crippen molar-refractivity contribution in [2.45, 2.75) is 39.7 Å². The molecule has 3 rings (SSSR count). The Morgan fingerprint density at radius 1 is 1.19 bits per heavy atom. The van der Waals surface area contributed by atoms with Crippen LogP contribution in [0.4, 0.5) is 5.69 Å². The highest BCUT2D eigenvalue weighted by Crippen LogP contribution is 2.18. The van der Waals surface area contributed by atoms with Crippen LogP contribution >= 0.6 is 0 Å². The molecule has 2 aliphatic rings. The average Bonchev–Trinajstić information content (AvgIpc) is 3.24. The van der Waals surface area contributed by atoms with Crippen molar-refractivity contribution >= 4 is 17.6 Å². The molecule has 0 saturated carbocycles. The fourth-order valence-electron chi connectivity index (χ4n) is 4.40. The van der Waals surface area contributed by atoms with Crippen molar-refractivity contribution in [2.24, 2.45) is 10.9 Å². The predicted octanol–water partition coefficient (Wildman–Crippen LogP) is 1.93. The first-order chi connectivity index (χ1) is 15.0. The Hall–Kier alpha value is -2.28. The van der Waals surface area contributed by atoms with E-state index in [1.165, 1.54) is 11.3 Å². The maximum absolute atomic E-state index is 12.2. The topological polar surface area (TPSA) is 63.2 Å². The summed E-state index contributed by atoms with van der Waals surface area (Å²) >= 11 is 0. The van der Waals surface area contributed by atoms with Gasteiger partial charge in [-0.25, -0.2) is 0 Å². The molecule has 1 aromatic rings. The van der Waals surface area contributed by atoms with Gasteiger partial charge >= 0.3 is 0 Å². The van der Waals surface area contributed by atoms with Crippen molar-refractivity contribution in [3.63, 3.8) is 0 Å². The summed E-state index contributed by atoms with van der Waals surface area (Å²) in [7, 11) is 1.81. The van der Waals surface area contributed by atoms with E-state index < -0.39 is 0 Å². The molecular formula is C24H40N6O. The van der Waals surface area contributed by atoms with Crippen LogP contribution in [0.1, 0.15) is 32.3 Å². The van der Waals surface area contributed by atoms with Crippen molar-refractivity contribution in [1.82, 2.24) is 20.4 Å². The van der Waals surface area contributed by atoms with Gasteiger partial charge in [0.15, 0.2) is 5.96 Å². The summed E-state index contributed by atoms with van der Waals surface area (Å²) in [6, 6.07) is 9.08. The number of aliphatic imine (C=N–C) groups is 1. The summed E-state index contributed by atoms with van der Waals surface area (Å²) in [5.74, 6) is 1.15. The summed E-state index contributed by atoms with van der Waals surface area (Å²) < 4.78 is 0. The van der Waals surface area contributed by atoms with Crippen LogP contribution in [0.25, 0.3) is 0 Å². The molecule has 2 heterocycles. The highest BCUT2D eigenvalue weighted by Gasteiger charge is 2.28. The number of piperazine rings is 1. The maximum Gasteiger partial charge on any atom is 0.225 e. The first-order valence-corrected chi connectivity index (χ1v) is 11.8. The molecule has 7 heteroatoms. The van der Waals surface area contributed by atoms with E-state index in [9.17, 15) is 4.79 Å². The first-order valence-electron chi connectivity index (χ1n) is 11.8. The maximum atomic E-state index is 12.2. The summed E-state index contributed by atoms with van der Waals surface area (Å²) in [6.07, 6.45) is 2.07. The molecular weight excluding hydrogens is 388 g/mol. The Morgan fingerprint density at radius 2 is 1.97 bits per heavy atom. The van der Waals surface area contributed by atoms with Crippen LogP contribution in [0.5, 0.6) is 0 Å². The van der Waals surface area contributed by atoms with E-state index in [2.05, 4.69) is 56.6 Å². The van der Waals surface area contributed by atoms with Crippen LogP contribution < -0.4 is 15.5 Å². The molecule has 31 heavy (non-hydrogen) atoms. The molecule has 2 saturated heterocycles. The second kappa shape index (κ2) is 11.4. The lowest BCUT2D eigenvalue weighted by Crippen LogP contribution is -2.48. The second-order valence-corrected chi connectivity index (χ2v) is 9.09. The number of carbonyl (C=O) groups excluding carboxylic acids is 1. The zero-order valence-electron chi connectivity index (χ0n) is 19.7. The third kappa shape index (κ3) is 6.86. The minimum atomic E-state index is 0.0647. The van der Waals surface area contributed by atoms with Gasteiger partial charge in [0, 0.05) is 70.5 Å². The molecule has 0 spiro atoms. The standard InChI is InChI=1S/C24H40N6O/c1-19(2)23(31)30-12-9-21(18-30)27-24(25-4)26-10-6-11-28-13-15-29(16-14-28)22-8-5-7-20(3)17-22/h5,7-8,17,19,21H,6,9-16,18H2,1-4H3,(H2,25,26,27). The quantitative estimate of drug-likeness (QED) is 0.395. The summed E-state index contributed by atoms with van der Waals surface area (Å²) in [6.45, 7) is 14.1. The fraction of sp³-hybridized carbons (Fsp3) is 0.667. The largest absolute Gasteiger partial charge is 0.369 e. The first kappa shape index (κ1) is 23.4. The molecule has 2 N–H and O–H groups in total. The molecule has 0 radical (unpaired) electrons. The number of likely N-dealkylation sites (tertiary alicyclic amines) is 1. The molecule has 7 nitrogen and oxygen atoms in total. The van der Waals surface area contributed by atoms with Crippen LogP contribution in [0, 0.1) is 12.8 Å². The fourth-order valence-corrected chi connectivity index (χ4v) is 4.40. The number of aryl methyl sites for hydroxylation is 1. The van der Waals surface area contributed by atoms with Gasteiger partial charge in [0.2, 0.25) is 5.91 Å². The number of amides is 1. The molecule has 2 fully saturated rings. The van der Waals surface area contributed by atoms with E-state index in [4.69, 9.17) is 0 Å². The number of nitrogens with one attached hydrogen (secondary N) is 2. The molecule has 0 bridgehead atoms. The molecule has 0 aromatic heterocycles. The highest BCUT2D eigenvalue weighted by molar-refractivity contribution is 5.81. The van der Waals surface area contributed by atoms with Crippen molar-refractivity contribution in [3.8, 4) is 0 Å². The lowest BCUT2D eigenvalue weighted by molar-refractivity contribution is -0.133. The average molecular weight is 429 g/mol. The summed E-state index contributed by atoms with van der Waals surface area (Å²) in [5.41, 5.74) is 2.67. The monoisotopic (exact) mass is 428 g/mol. The number of hydrogen-bond acceptors (Lipinski definition) is 4. The van der Waals surface area contributed by atoms with Crippen LogP contribution in [0.3, 0.4) is 0 Å². The number of anilines is 1. The number of carbonyl (C=O) groups is 1. The number of benzene rings is 1. The molecule has 1 unspecified atom stereocenters. The zero-order valence-corrected chi connectivity index (χ0v) is 19.7. The number of hydrogen-bond donors (Lipinski definition) is 2. The van der Waals surface area contributed by atoms with E-state index in [1.807, 2.05) is 25.8 Å². The van der Waals surface area contributed by atoms with Crippen molar-refractivity contribution in [3.05, 3.63) is 29.8 Å². The van der Waals surface area contributed by atoms with E-state index in [-0.39, 0.29) is 17.9 Å². The third-order valence-corrected chi connectivity index (χ3v) is 6.24. The summed E-state index contributed by atoms with van der Waals surface area (Å²) in [4.78, 5) is 23.5. The van der Waals surface area contributed by atoms with Gasteiger partial charge in [-0.15, -0.1) is 0 Å². The van der Waals surface area contributed by atoms with E-state index >= 15 is 0 Å². The van der Waals surface area contributed by atoms with E-state index in [0.717, 1.165) is 71.2 Å². The molecule has 1 atom stereocenters. The van der Waals surface area contributed by atoms with Gasteiger partial charge in [-0.2, -0.15) is 0 Å². The Bertz CT molecular complexity index is 741. The highest BCUT2D eigenvalue weighted by atomic mass is 16.2. The Morgan fingerprint density at radius 3 is 2.65 bits per heavy atom. The lowest BCUT2D eigenvalue weighted by Gasteiger charge is -2.36. The second-order valence-electron chi connectivity index (χ2n) is 9.09. The van der Waals surface area contributed by atoms with Gasteiger partial charge in [0.05, 0.1) is 0 Å². The summed E-state index contributed by atoms with van der Waals surface area (Å²) in [5, 5.41) is 6.92. The number of nitrogens with zero attached hydrogens (tertiary/aromatic N) is 4. The lowest BCUT2D eigenvalue weighted by atomic mass is 10.2. The van der Waals surface area contributed by atoms with Crippen LogP contribution in [-0.4, -0.2) is 87.1 Å². The van der Waals surface area contributed by atoms with Crippen LogP contribution in [0.2, 0.25) is 0 Å². The van der Waals surface area contributed by atoms with E-state index in [0.29, 0.717) is 0 Å². The van der Waals surface area contributed by atoms with Gasteiger partial charge in [0.1, 0.15) is 0 Å². The molecule has 1 amide bonds. The molecule has 172 valence electrons. The van der Waals surface area contributed by atoms with Gasteiger partial charge in [-0.3, -0.25) is 14.7 Å². The molecule has 0 aliphatic carbocycles. The van der Waals surface area contributed by atoms with Gasteiger partial charge in [-0.1, -0.05) is 26.0 Å². The zero-order chi connectivity index (χ0) is 22.2. The van der Waals surface area contributed by atoms with Crippen molar-refractivity contribution in [2.75, 3.05) is 64.3 Å². The molecule has 1 aromatic carbocycles. The smallest absolute Gasteiger partial charge is 0.225 e. The SMILES string of the molecule is CN=C(NCCCN1CCN(c2cccc(C)c2)CC1)NC1CCN(C(=O)C(C)C)C1. The van der Waals surface area contributed by atoms with Crippen molar-refractivity contribution < 1.29 is 4.79 Å². The Balaban J connectivity index is 1.31. The van der Waals surface area contributed by atoms with Crippen LogP contribution in [-0.2, 0) is 4.79 Å². The number of guanidine groups is 1. The predicted molar refractivity (Wildman–Crippen MR) is 129 cm³/mol. The van der Waals surface area contributed by atoms with Gasteiger partial charge in [0.25, 0.3) is 0 Å². The molecule has 2 aliphatic heterocycles. The van der Waals surface area contributed by atoms with Gasteiger partial charge in [-0.05, 0) is 44.0 Å². The Labute approximate surface area is 187 Å². The number of rotatable bonds is 7. The minimum Gasteiger partial charge on any atom is -0.369 e. The van der Waals surface area contributed by atoms with Gasteiger partial charge < -0.3 is 20.4 Å². The van der Waals surface area contributed by atoms with Crippen LogP contribution in [0.15, 0.2) is 29.3 Å². The van der Waals surface area contributed by atoms with Crippen molar-refractivity contribution in [1.29, 1.82) is 0 Å². The normalized spacial score (nSPS) is 20.4. The minimum absolute atomic E-state index is 0.0647. The Kier molecular flexibility index (Phi) is 8.58. The third-order valence-electron chi connectivity index (χ3n) is 6.24. The van der Waals surface area contributed by atoms with E-state index in [1.54, 1.807) is 0 Å².